The highest BCUT2D eigenvalue weighted by molar-refractivity contribution is 5.98. The fourth-order valence-electron chi connectivity index (χ4n) is 5.30. The van der Waals surface area contributed by atoms with Crippen molar-refractivity contribution >= 4 is 35.1 Å². The predicted molar refractivity (Wildman–Crippen MR) is 118 cm³/mol. The summed E-state index contributed by atoms with van der Waals surface area (Å²) in [5.74, 6) is 0.190. The van der Waals surface area contributed by atoms with E-state index >= 15 is 0 Å². The van der Waals surface area contributed by atoms with Gasteiger partial charge in [0.1, 0.15) is 0 Å². The summed E-state index contributed by atoms with van der Waals surface area (Å²) in [7, 11) is 0. The van der Waals surface area contributed by atoms with E-state index < -0.39 is 0 Å². The Morgan fingerprint density at radius 1 is 1.10 bits per heavy atom. The van der Waals surface area contributed by atoms with Gasteiger partial charge in [-0.1, -0.05) is 0 Å². The van der Waals surface area contributed by atoms with Gasteiger partial charge in [-0.2, -0.15) is 5.10 Å². The predicted octanol–water partition coefficient (Wildman–Crippen LogP) is 2.44. The number of aromatic nitrogens is 2. The molecule has 162 valence electrons. The Labute approximate surface area is 183 Å². The molecule has 2 amide bonds. The Morgan fingerprint density at radius 3 is 2.70 bits per heavy atom. The Bertz CT molecular complexity index is 913. The number of hydrogen-bond donors (Lipinski definition) is 2. The number of rotatable bonds is 2. The number of hydrogen-bond acceptors (Lipinski definition) is 4. The number of halogens is 1. The molecule has 3 fully saturated rings. The van der Waals surface area contributed by atoms with Crippen molar-refractivity contribution in [1.82, 2.24) is 25.3 Å². The van der Waals surface area contributed by atoms with E-state index in [2.05, 4.69) is 20.4 Å². The van der Waals surface area contributed by atoms with Crippen molar-refractivity contribution in [2.45, 2.75) is 32.1 Å². The number of carbonyl (C=O) groups excluding carboxylic acids is 2. The molecule has 0 saturated carbocycles. The fourth-order valence-corrected chi connectivity index (χ4v) is 5.30. The first kappa shape index (κ1) is 21.1. The van der Waals surface area contributed by atoms with E-state index in [1.54, 1.807) is 6.20 Å². The Hall–Kier alpha value is -2.12. The van der Waals surface area contributed by atoms with E-state index in [0.717, 1.165) is 69.3 Å². The van der Waals surface area contributed by atoms with Crippen molar-refractivity contribution < 1.29 is 9.59 Å². The molecule has 0 bridgehead atoms. The van der Waals surface area contributed by atoms with E-state index in [9.17, 15) is 9.59 Å². The average Bonchev–Trinajstić information content (AvgIpc) is 3.42. The van der Waals surface area contributed by atoms with E-state index in [0.29, 0.717) is 17.5 Å². The smallest absolute Gasteiger partial charge is 0.253 e. The van der Waals surface area contributed by atoms with Crippen LogP contribution in [0.15, 0.2) is 24.4 Å². The maximum Gasteiger partial charge on any atom is 0.253 e. The summed E-state index contributed by atoms with van der Waals surface area (Å²) in [5, 5.41) is 11.4. The van der Waals surface area contributed by atoms with E-state index in [4.69, 9.17) is 0 Å². The summed E-state index contributed by atoms with van der Waals surface area (Å²) in [5.41, 5.74) is 2.01. The van der Waals surface area contributed by atoms with Crippen molar-refractivity contribution in [3.8, 4) is 0 Å². The lowest BCUT2D eigenvalue weighted by Crippen LogP contribution is -2.50. The second-order valence-electron chi connectivity index (χ2n) is 9.01. The molecule has 1 aromatic heterocycles. The maximum absolute atomic E-state index is 13.2. The van der Waals surface area contributed by atoms with Crippen LogP contribution in [-0.4, -0.2) is 71.1 Å². The lowest BCUT2D eigenvalue weighted by atomic mass is 9.77. The quantitative estimate of drug-likeness (QED) is 0.765. The first-order valence-electron chi connectivity index (χ1n) is 10.9. The van der Waals surface area contributed by atoms with Gasteiger partial charge in [0.25, 0.3) is 5.91 Å². The summed E-state index contributed by atoms with van der Waals surface area (Å²) in [6.45, 7) is 5.19. The van der Waals surface area contributed by atoms with Crippen LogP contribution in [0.4, 0.5) is 0 Å². The molecule has 3 aliphatic rings. The van der Waals surface area contributed by atoms with Crippen LogP contribution in [-0.2, 0) is 4.79 Å². The molecule has 1 unspecified atom stereocenters. The van der Waals surface area contributed by atoms with Crippen LogP contribution >= 0.6 is 12.4 Å². The number of benzene rings is 1. The van der Waals surface area contributed by atoms with E-state index in [1.165, 1.54) is 6.42 Å². The minimum atomic E-state index is -0.0684. The van der Waals surface area contributed by atoms with Crippen molar-refractivity contribution in [2.75, 3.05) is 39.3 Å². The second kappa shape index (κ2) is 8.55. The SMILES string of the molecule is Cl.O=C(c1ccc2[nH]ncc2c1)N1CCCC(C(=O)N2CCC3(CCNC3)CC2)C1. The Kier molecular flexibility index (Phi) is 6.02. The largest absolute Gasteiger partial charge is 0.342 e. The topological polar surface area (TPSA) is 81.3 Å². The van der Waals surface area contributed by atoms with Crippen LogP contribution in [0.5, 0.6) is 0 Å². The lowest BCUT2D eigenvalue weighted by Gasteiger charge is -2.41. The molecule has 0 radical (unpaired) electrons. The summed E-state index contributed by atoms with van der Waals surface area (Å²) >= 11 is 0. The van der Waals surface area contributed by atoms with Gasteiger partial charge in [-0.15, -0.1) is 12.4 Å². The molecule has 5 rings (SSSR count). The van der Waals surface area contributed by atoms with Gasteiger partial charge in [-0.05, 0) is 62.3 Å². The molecule has 3 saturated heterocycles. The number of amides is 2. The van der Waals surface area contributed by atoms with Crippen LogP contribution in [0.2, 0.25) is 0 Å². The van der Waals surface area contributed by atoms with Gasteiger partial charge < -0.3 is 15.1 Å². The van der Waals surface area contributed by atoms with Gasteiger partial charge in [0.15, 0.2) is 0 Å². The van der Waals surface area contributed by atoms with E-state index in [1.807, 2.05) is 23.1 Å². The molecule has 1 atom stereocenters. The van der Waals surface area contributed by atoms with Crippen molar-refractivity contribution in [2.24, 2.45) is 11.3 Å². The third-order valence-electron chi connectivity index (χ3n) is 7.21. The Morgan fingerprint density at radius 2 is 1.93 bits per heavy atom. The van der Waals surface area contributed by atoms with Gasteiger partial charge in [0, 0.05) is 43.7 Å². The minimum absolute atomic E-state index is 0. The number of carbonyl (C=O) groups is 2. The molecule has 1 aromatic carbocycles. The third kappa shape index (κ3) is 3.93. The van der Waals surface area contributed by atoms with Crippen molar-refractivity contribution in [3.63, 3.8) is 0 Å². The number of H-pyrrole nitrogens is 1. The molecule has 1 spiro atoms. The van der Waals surface area contributed by atoms with Crippen LogP contribution < -0.4 is 5.32 Å². The molecule has 2 N–H and O–H groups in total. The highest BCUT2D eigenvalue weighted by atomic mass is 35.5. The van der Waals surface area contributed by atoms with E-state index in [-0.39, 0.29) is 30.1 Å². The van der Waals surface area contributed by atoms with Crippen LogP contribution in [0.1, 0.15) is 42.5 Å². The highest BCUT2D eigenvalue weighted by Crippen LogP contribution is 2.37. The zero-order valence-corrected chi connectivity index (χ0v) is 18.0. The van der Waals surface area contributed by atoms with Crippen molar-refractivity contribution in [3.05, 3.63) is 30.0 Å². The van der Waals surface area contributed by atoms with Crippen molar-refractivity contribution in [1.29, 1.82) is 0 Å². The third-order valence-corrected chi connectivity index (χ3v) is 7.21. The number of fused-ring (bicyclic) bond motifs is 1. The Balaban J connectivity index is 0.00000218. The van der Waals surface area contributed by atoms with Crippen LogP contribution in [0.25, 0.3) is 10.9 Å². The standard InChI is InChI=1S/C22H29N5O2.ClH/c28-20(16-3-4-19-18(12-16)13-24-25-19)27-9-1-2-17(14-27)21(29)26-10-6-22(7-11-26)5-8-23-15-22;/h3-4,12-13,17,23H,1-2,5-11,14-15H2,(H,24,25);1H. The maximum atomic E-state index is 13.2. The number of nitrogens with one attached hydrogen (secondary N) is 2. The van der Waals surface area contributed by atoms with Gasteiger partial charge in [0.05, 0.1) is 17.6 Å². The molecule has 4 heterocycles. The average molecular weight is 432 g/mol. The summed E-state index contributed by atoms with van der Waals surface area (Å²) in [6, 6.07) is 5.61. The zero-order chi connectivity index (χ0) is 19.8. The fraction of sp³-hybridized carbons (Fsp3) is 0.591. The lowest BCUT2D eigenvalue weighted by molar-refractivity contribution is -0.139. The summed E-state index contributed by atoms with van der Waals surface area (Å²) < 4.78 is 0. The zero-order valence-electron chi connectivity index (χ0n) is 17.2. The molecule has 30 heavy (non-hydrogen) atoms. The first-order chi connectivity index (χ1) is 14.1. The number of aromatic amines is 1. The molecular formula is C22H30ClN5O2. The van der Waals surface area contributed by atoms with Crippen LogP contribution in [0, 0.1) is 11.3 Å². The first-order valence-corrected chi connectivity index (χ1v) is 10.9. The van der Waals surface area contributed by atoms with Gasteiger partial charge >= 0.3 is 0 Å². The van der Waals surface area contributed by atoms with Gasteiger partial charge in [-0.3, -0.25) is 14.7 Å². The minimum Gasteiger partial charge on any atom is -0.342 e. The van der Waals surface area contributed by atoms with Gasteiger partial charge in [0.2, 0.25) is 5.91 Å². The van der Waals surface area contributed by atoms with Crippen LogP contribution in [0.3, 0.4) is 0 Å². The highest BCUT2D eigenvalue weighted by Gasteiger charge is 2.40. The summed E-state index contributed by atoms with van der Waals surface area (Å²) in [4.78, 5) is 30.1. The summed E-state index contributed by atoms with van der Waals surface area (Å²) in [6.07, 6.45) is 6.95. The number of nitrogens with zero attached hydrogens (tertiary/aromatic N) is 3. The molecule has 2 aromatic rings. The molecule has 0 aliphatic carbocycles. The monoisotopic (exact) mass is 431 g/mol. The normalized spacial score (nSPS) is 23.5. The molecule has 3 aliphatic heterocycles. The molecular weight excluding hydrogens is 402 g/mol. The van der Waals surface area contributed by atoms with Gasteiger partial charge in [-0.25, -0.2) is 0 Å². The number of piperidine rings is 2. The molecule has 8 heteroatoms. The number of likely N-dealkylation sites (tertiary alicyclic amines) is 2. The second-order valence-corrected chi connectivity index (χ2v) is 9.01. The molecule has 7 nitrogen and oxygen atoms in total.